The number of fused-ring (bicyclic) bond motifs is 4. The molecule has 0 fully saturated rings. The summed E-state index contributed by atoms with van der Waals surface area (Å²) in [6.45, 7) is 1.19. The van der Waals surface area contributed by atoms with Crippen molar-refractivity contribution in [2.45, 2.75) is 12.0 Å². The number of ether oxygens (including phenoxy) is 2. The van der Waals surface area contributed by atoms with Gasteiger partial charge in [0, 0.05) is 29.9 Å². The zero-order chi connectivity index (χ0) is 23.4. The van der Waals surface area contributed by atoms with E-state index in [0.29, 0.717) is 47.0 Å². The largest absolute Gasteiger partial charge is 0.457 e. The van der Waals surface area contributed by atoms with Gasteiger partial charge in [-0.25, -0.2) is 9.38 Å². The molecular formula is C26H21FN4O3. The number of guanidine groups is 1. The molecule has 34 heavy (non-hydrogen) atoms. The van der Waals surface area contributed by atoms with Crippen molar-refractivity contribution in [3.8, 4) is 22.6 Å². The predicted molar refractivity (Wildman–Crippen MR) is 125 cm³/mol. The normalized spacial score (nSPS) is 21.0. The van der Waals surface area contributed by atoms with Crippen molar-refractivity contribution in [3.05, 3.63) is 83.4 Å². The highest BCUT2D eigenvalue weighted by Crippen LogP contribution is 2.53. The Morgan fingerprint density at radius 2 is 1.76 bits per heavy atom. The minimum Gasteiger partial charge on any atom is -0.457 e. The first-order valence-corrected chi connectivity index (χ1v) is 11.0. The van der Waals surface area contributed by atoms with Crippen LogP contribution >= 0.6 is 0 Å². The summed E-state index contributed by atoms with van der Waals surface area (Å²) in [6, 6.07) is 12.6. The number of pyridine rings is 1. The number of rotatable bonds is 2. The first-order chi connectivity index (χ1) is 16.5. The van der Waals surface area contributed by atoms with Crippen LogP contribution in [0.25, 0.3) is 16.7 Å². The quantitative estimate of drug-likeness (QED) is 0.633. The van der Waals surface area contributed by atoms with Crippen LogP contribution in [0, 0.1) is 5.82 Å². The van der Waals surface area contributed by atoms with E-state index >= 15 is 0 Å². The maximum absolute atomic E-state index is 13.9. The zero-order valence-corrected chi connectivity index (χ0v) is 18.4. The van der Waals surface area contributed by atoms with Crippen molar-refractivity contribution in [1.29, 1.82) is 0 Å². The van der Waals surface area contributed by atoms with Crippen LogP contribution in [0.2, 0.25) is 0 Å². The van der Waals surface area contributed by atoms with E-state index < -0.39 is 11.4 Å². The van der Waals surface area contributed by atoms with Crippen molar-refractivity contribution in [2.24, 2.45) is 10.7 Å². The van der Waals surface area contributed by atoms with Crippen molar-refractivity contribution >= 4 is 17.4 Å². The smallest absolute Gasteiger partial charge is 0.266 e. The van der Waals surface area contributed by atoms with Gasteiger partial charge in [0.25, 0.3) is 5.91 Å². The third-order valence-electron chi connectivity index (χ3n) is 6.57. The van der Waals surface area contributed by atoms with Crippen LogP contribution in [0.15, 0.2) is 65.9 Å². The molecule has 0 aliphatic carbocycles. The van der Waals surface area contributed by atoms with E-state index in [0.717, 1.165) is 23.8 Å². The Kier molecular flexibility index (Phi) is 4.53. The second-order valence-corrected chi connectivity index (χ2v) is 8.51. The number of halogens is 1. The van der Waals surface area contributed by atoms with Gasteiger partial charge >= 0.3 is 0 Å². The van der Waals surface area contributed by atoms with E-state index in [4.69, 9.17) is 20.2 Å². The number of likely N-dealkylation sites (N-methyl/N-ethyl adjacent to an activating group) is 1. The fourth-order valence-electron chi connectivity index (χ4n) is 4.80. The molecule has 0 saturated heterocycles. The van der Waals surface area contributed by atoms with E-state index in [-0.39, 0.29) is 11.9 Å². The highest BCUT2D eigenvalue weighted by molar-refractivity contribution is 6.10. The Balaban J connectivity index is 1.58. The average molecular weight is 456 g/mol. The number of carbonyl (C=O) groups excluding carboxylic acids is 1. The first kappa shape index (κ1) is 20.6. The van der Waals surface area contributed by atoms with Crippen LogP contribution < -0.4 is 10.5 Å². The molecule has 0 radical (unpaired) electrons. The highest BCUT2D eigenvalue weighted by Gasteiger charge is 2.54. The van der Waals surface area contributed by atoms with Gasteiger partial charge in [-0.15, -0.1) is 0 Å². The number of hydrogen-bond donors (Lipinski definition) is 1. The second kappa shape index (κ2) is 7.50. The minimum atomic E-state index is -1.40. The molecule has 1 amide bonds. The summed E-state index contributed by atoms with van der Waals surface area (Å²) in [5, 5.41) is 0. The Morgan fingerprint density at radius 1 is 1.03 bits per heavy atom. The molecule has 0 saturated carbocycles. The molecular weight excluding hydrogens is 435 g/mol. The van der Waals surface area contributed by atoms with Gasteiger partial charge < -0.3 is 15.2 Å². The fraction of sp³-hybridized carbons (Fsp3) is 0.192. The van der Waals surface area contributed by atoms with Crippen molar-refractivity contribution < 1.29 is 18.7 Å². The molecule has 2 N–H and O–H groups in total. The van der Waals surface area contributed by atoms with Crippen LogP contribution in [-0.2, 0) is 15.1 Å². The molecule has 1 unspecified atom stereocenters. The lowest BCUT2D eigenvalue weighted by Gasteiger charge is -2.34. The maximum Gasteiger partial charge on any atom is 0.266 e. The summed E-state index contributed by atoms with van der Waals surface area (Å²) in [5.74, 6) is 0.448. The first-order valence-electron chi connectivity index (χ1n) is 11.0. The van der Waals surface area contributed by atoms with Crippen LogP contribution in [0.1, 0.15) is 23.1 Å². The number of nitrogens with two attached hydrogens (primary N) is 1. The second-order valence-electron chi connectivity index (χ2n) is 8.51. The van der Waals surface area contributed by atoms with Crippen LogP contribution in [0.4, 0.5) is 4.39 Å². The van der Waals surface area contributed by atoms with E-state index in [2.05, 4.69) is 4.98 Å². The number of aliphatic imine (C=N–C) groups is 1. The molecule has 3 aliphatic rings. The minimum absolute atomic E-state index is 0.123. The number of aromatic nitrogens is 1. The number of carbonyl (C=O) groups is 1. The topological polar surface area (TPSA) is 90.0 Å². The summed E-state index contributed by atoms with van der Waals surface area (Å²) >= 11 is 0. The average Bonchev–Trinajstić information content (AvgIpc) is 3.09. The highest BCUT2D eigenvalue weighted by atomic mass is 19.1. The van der Waals surface area contributed by atoms with Gasteiger partial charge in [0.15, 0.2) is 5.96 Å². The zero-order valence-electron chi connectivity index (χ0n) is 18.4. The van der Waals surface area contributed by atoms with Crippen LogP contribution in [0.3, 0.4) is 0 Å². The molecule has 8 heteroatoms. The Labute approximate surface area is 195 Å². The van der Waals surface area contributed by atoms with Gasteiger partial charge in [0.2, 0.25) is 5.54 Å². The number of benzene rings is 2. The SMILES string of the molecule is CN1C(=O)C2(N=C1N)c1cc(C3=CCOCC3)ccc1Oc1ccc(-c3cncc(F)c3)cc12. The predicted octanol–water partition coefficient (Wildman–Crippen LogP) is 3.83. The summed E-state index contributed by atoms with van der Waals surface area (Å²) in [5.41, 5.74) is 9.34. The number of nitrogens with zero attached hydrogens (tertiary/aromatic N) is 3. The maximum atomic E-state index is 13.9. The molecule has 7 nitrogen and oxygen atoms in total. The third kappa shape index (κ3) is 2.95. The molecule has 6 rings (SSSR count). The molecule has 170 valence electrons. The van der Waals surface area contributed by atoms with Gasteiger partial charge in [0.05, 0.1) is 19.4 Å². The van der Waals surface area contributed by atoms with Crippen LogP contribution in [-0.4, -0.2) is 42.0 Å². The summed E-state index contributed by atoms with van der Waals surface area (Å²) in [6.07, 6.45) is 5.55. The molecule has 2 aromatic carbocycles. The van der Waals surface area contributed by atoms with Gasteiger partial charge in [-0.3, -0.25) is 14.7 Å². The van der Waals surface area contributed by atoms with E-state index in [1.54, 1.807) is 19.3 Å². The van der Waals surface area contributed by atoms with Crippen molar-refractivity contribution in [2.75, 3.05) is 20.3 Å². The standard InChI is InChI=1S/C26H21FN4O3/c1-31-24(32)26(30-25(31)28)20-11-16(15-6-8-33-9-7-15)2-4-22(20)34-23-5-3-17(12-21(23)26)18-10-19(27)14-29-13-18/h2-6,10-14H,7-9H2,1H3,(H2,28,30). The molecule has 0 bridgehead atoms. The lowest BCUT2D eigenvalue weighted by molar-refractivity contribution is -0.129. The van der Waals surface area contributed by atoms with Gasteiger partial charge in [-0.2, -0.15) is 0 Å². The monoisotopic (exact) mass is 456 g/mol. The summed E-state index contributed by atoms with van der Waals surface area (Å²) < 4.78 is 25.5. The third-order valence-corrected chi connectivity index (χ3v) is 6.57. The van der Waals surface area contributed by atoms with E-state index in [1.165, 1.54) is 11.0 Å². The molecule has 4 heterocycles. The summed E-state index contributed by atoms with van der Waals surface area (Å²) in [7, 11) is 1.61. The molecule has 1 aromatic heterocycles. The number of amides is 1. The van der Waals surface area contributed by atoms with Gasteiger partial charge in [-0.05, 0) is 53.5 Å². The summed E-state index contributed by atoms with van der Waals surface area (Å²) in [4.78, 5) is 23.8. The Hall–Kier alpha value is -4.04. The van der Waals surface area contributed by atoms with Gasteiger partial charge in [0.1, 0.15) is 17.3 Å². The molecule has 1 atom stereocenters. The Morgan fingerprint density at radius 3 is 2.41 bits per heavy atom. The van der Waals surface area contributed by atoms with E-state index in [9.17, 15) is 9.18 Å². The molecule has 3 aromatic rings. The Bertz CT molecular complexity index is 1420. The van der Waals surface area contributed by atoms with Gasteiger partial charge in [-0.1, -0.05) is 18.2 Å². The fourth-order valence-corrected chi connectivity index (χ4v) is 4.80. The van der Waals surface area contributed by atoms with Crippen molar-refractivity contribution in [3.63, 3.8) is 0 Å². The lowest BCUT2D eigenvalue weighted by Crippen LogP contribution is -2.42. The molecule has 1 spiro atoms. The molecule has 3 aliphatic heterocycles. The van der Waals surface area contributed by atoms with Crippen LogP contribution in [0.5, 0.6) is 11.5 Å². The lowest BCUT2D eigenvalue weighted by atomic mass is 9.78. The van der Waals surface area contributed by atoms with Crippen molar-refractivity contribution in [1.82, 2.24) is 9.88 Å². The van der Waals surface area contributed by atoms with E-state index in [1.807, 2.05) is 36.4 Å². The number of hydrogen-bond acceptors (Lipinski definition) is 6.